The average Bonchev–Trinajstić information content (AvgIpc) is 2.81. The van der Waals surface area contributed by atoms with Crippen LogP contribution in [-0.2, 0) is 6.54 Å². The van der Waals surface area contributed by atoms with Crippen molar-refractivity contribution >= 4 is 21.8 Å². The number of benzene rings is 1. The van der Waals surface area contributed by atoms with Crippen molar-refractivity contribution < 1.29 is 4.79 Å². The van der Waals surface area contributed by atoms with Gasteiger partial charge in [-0.3, -0.25) is 4.79 Å². The van der Waals surface area contributed by atoms with Gasteiger partial charge in [0.2, 0.25) is 0 Å². The molecule has 1 N–H and O–H groups in total. The van der Waals surface area contributed by atoms with E-state index in [1.807, 2.05) is 18.2 Å². The van der Waals surface area contributed by atoms with Gasteiger partial charge >= 0.3 is 0 Å². The molecule has 1 heterocycles. The zero-order valence-electron chi connectivity index (χ0n) is 9.35. The molecule has 4 nitrogen and oxygen atoms in total. The van der Waals surface area contributed by atoms with Gasteiger partial charge in [0, 0.05) is 23.9 Å². The van der Waals surface area contributed by atoms with Gasteiger partial charge in [0.1, 0.15) is 5.82 Å². The smallest absolute Gasteiger partial charge is 0.255 e. The number of amides is 1. The third-order valence-corrected chi connectivity index (χ3v) is 3.08. The normalized spacial score (nSPS) is 10.2. The van der Waals surface area contributed by atoms with E-state index in [0.717, 1.165) is 10.3 Å². The summed E-state index contributed by atoms with van der Waals surface area (Å²) in [5.74, 6) is 0.738. The highest BCUT2D eigenvalue weighted by atomic mass is 79.9. The van der Waals surface area contributed by atoms with Crippen LogP contribution in [0.5, 0.6) is 0 Å². The summed E-state index contributed by atoms with van der Waals surface area (Å²) >= 11 is 3.37. The number of imidazole rings is 1. The van der Waals surface area contributed by atoms with E-state index in [-0.39, 0.29) is 5.91 Å². The van der Waals surface area contributed by atoms with Crippen LogP contribution >= 0.6 is 15.9 Å². The number of aromatic nitrogens is 2. The maximum absolute atomic E-state index is 12.1. The summed E-state index contributed by atoms with van der Waals surface area (Å²) < 4.78 is 0.802. The number of rotatable bonds is 3. The molecule has 0 aliphatic rings. The predicted molar refractivity (Wildman–Crippen MR) is 68.5 cm³/mol. The highest BCUT2D eigenvalue weighted by Gasteiger charge is 2.15. The number of halogens is 1. The molecule has 0 bridgehead atoms. The maximum atomic E-state index is 12.1. The Bertz CT molecular complexity index is 510. The lowest BCUT2D eigenvalue weighted by atomic mass is 10.2. The lowest BCUT2D eigenvalue weighted by Gasteiger charge is -2.16. The van der Waals surface area contributed by atoms with Gasteiger partial charge in [0.15, 0.2) is 0 Å². The molecule has 0 aliphatic carbocycles. The number of nitrogens with zero attached hydrogens (tertiary/aromatic N) is 2. The van der Waals surface area contributed by atoms with Crippen LogP contribution in [0.15, 0.2) is 41.1 Å². The van der Waals surface area contributed by atoms with E-state index in [1.165, 1.54) is 0 Å². The van der Waals surface area contributed by atoms with Crippen molar-refractivity contribution in [2.45, 2.75) is 6.54 Å². The minimum atomic E-state index is -0.0334. The van der Waals surface area contributed by atoms with Gasteiger partial charge in [0.25, 0.3) is 5.91 Å². The van der Waals surface area contributed by atoms with E-state index in [4.69, 9.17) is 0 Å². The van der Waals surface area contributed by atoms with Crippen molar-refractivity contribution in [2.75, 3.05) is 7.05 Å². The topological polar surface area (TPSA) is 49.0 Å². The highest BCUT2D eigenvalue weighted by Crippen LogP contribution is 2.17. The molecule has 1 aromatic heterocycles. The second-order valence-corrected chi connectivity index (χ2v) is 4.53. The number of hydrogen-bond donors (Lipinski definition) is 1. The van der Waals surface area contributed by atoms with Crippen LogP contribution in [0.1, 0.15) is 16.2 Å². The highest BCUT2D eigenvalue weighted by molar-refractivity contribution is 9.10. The van der Waals surface area contributed by atoms with Gasteiger partial charge in [-0.25, -0.2) is 4.98 Å². The molecule has 17 heavy (non-hydrogen) atoms. The molecule has 0 spiro atoms. The first kappa shape index (κ1) is 11.9. The summed E-state index contributed by atoms with van der Waals surface area (Å²) in [5.41, 5.74) is 0.654. The molecule has 0 unspecified atom stereocenters. The summed E-state index contributed by atoms with van der Waals surface area (Å²) in [5, 5.41) is 0. The second kappa shape index (κ2) is 5.14. The van der Waals surface area contributed by atoms with E-state index in [1.54, 1.807) is 30.4 Å². The monoisotopic (exact) mass is 293 g/mol. The molecule has 0 saturated heterocycles. The van der Waals surface area contributed by atoms with Crippen LogP contribution in [0.4, 0.5) is 0 Å². The molecule has 5 heteroatoms. The third kappa shape index (κ3) is 2.74. The zero-order chi connectivity index (χ0) is 12.3. The minimum Gasteiger partial charge on any atom is -0.347 e. The van der Waals surface area contributed by atoms with Crippen LogP contribution < -0.4 is 0 Å². The molecule has 2 rings (SSSR count). The molecule has 0 saturated carbocycles. The molecule has 1 amide bonds. The van der Waals surface area contributed by atoms with Crippen molar-refractivity contribution in [3.05, 3.63) is 52.5 Å². The molecule has 1 aromatic carbocycles. The van der Waals surface area contributed by atoms with Gasteiger partial charge in [-0.2, -0.15) is 0 Å². The quantitative estimate of drug-likeness (QED) is 0.945. The van der Waals surface area contributed by atoms with Gasteiger partial charge in [0.05, 0.1) is 12.1 Å². The molecular formula is C12H12BrN3O. The fourth-order valence-corrected chi connectivity index (χ4v) is 1.98. The Morgan fingerprint density at radius 3 is 2.88 bits per heavy atom. The first-order chi connectivity index (χ1) is 8.18. The zero-order valence-corrected chi connectivity index (χ0v) is 10.9. The molecule has 2 aromatic rings. The maximum Gasteiger partial charge on any atom is 0.255 e. The lowest BCUT2D eigenvalue weighted by molar-refractivity contribution is 0.0781. The molecule has 0 aliphatic heterocycles. The fourth-order valence-electron chi connectivity index (χ4n) is 1.52. The SMILES string of the molecule is CN(Cc1ncc[nH]1)C(=O)c1ccccc1Br. The minimum absolute atomic E-state index is 0.0334. The number of aromatic amines is 1. The molecule has 0 radical (unpaired) electrons. The first-order valence-electron chi connectivity index (χ1n) is 5.16. The number of nitrogens with one attached hydrogen (secondary N) is 1. The fraction of sp³-hybridized carbons (Fsp3) is 0.167. The lowest BCUT2D eigenvalue weighted by Crippen LogP contribution is -2.27. The second-order valence-electron chi connectivity index (χ2n) is 3.68. The van der Waals surface area contributed by atoms with Gasteiger partial charge < -0.3 is 9.88 Å². The summed E-state index contributed by atoms with van der Waals surface area (Å²) in [6.07, 6.45) is 3.41. The Balaban J connectivity index is 2.13. The first-order valence-corrected chi connectivity index (χ1v) is 5.96. The Kier molecular flexibility index (Phi) is 3.58. The van der Waals surface area contributed by atoms with Crippen molar-refractivity contribution in [2.24, 2.45) is 0 Å². The van der Waals surface area contributed by atoms with Crippen LogP contribution in [-0.4, -0.2) is 27.8 Å². The molecule has 88 valence electrons. The molecular weight excluding hydrogens is 282 g/mol. The summed E-state index contributed by atoms with van der Waals surface area (Å²) in [6.45, 7) is 0.465. The van der Waals surface area contributed by atoms with Crippen molar-refractivity contribution in [1.82, 2.24) is 14.9 Å². The predicted octanol–water partition coefficient (Wildman–Crippen LogP) is 2.44. The Morgan fingerprint density at radius 1 is 1.47 bits per heavy atom. The van der Waals surface area contributed by atoms with E-state index in [2.05, 4.69) is 25.9 Å². The van der Waals surface area contributed by atoms with E-state index >= 15 is 0 Å². The van der Waals surface area contributed by atoms with E-state index < -0.39 is 0 Å². The number of carbonyl (C=O) groups excluding carboxylic acids is 1. The van der Waals surface area contributed by atoms with Crippen LogP contribution in [0, 0.1) is 0 Å². The number of hydrogen-bond acceptors (Lipinski definition) is 2. The van der Waals surface area contributed by atoms with Gasteiger partial charge in [-0.05, 0) is 28.1 Å². The summed E-state index contributed by atoms with van der Waals surface area (Å²) in [7, 11) is 1.75. The molecule has 0 atom stereocenters. The van der Waals surface area contributed by atoms with E-state index in [0.29, 0.717) is 12.1 Å². The Hall–Kier alpha value is -1.62. The van der Waals surface area contributed by atoms with Crippen molar-refractivity contribution in [1.29, 1.82) is 0 Å². The Labute approximate surface area is 108 Å². The van der Waals surface area contributed by atoms with Crippen LogP contribution in [0.2, 0.25) is 0 Å². The number of carbonyl (C=O) groups is 1. The average molecular weight is 294 g/mol. The molecule has 0 fully saturated rings. The standard InChI is InChI=1S/C12H12BrN3O/c1-16(8-11-14-6-7-15-11)12(17)9-4-2-3-5-10(9)13/h2-7H,8H2,1H3,(H,14,15). The van der Waals surface area contributed by atoms with Gasteiger partial charge in [-0.1, -0.05) is 12.1 Å². The van der Waals surface area contributed by atoms with Crippen LogP contribution in [0.25, 0.3) is 0 Å². The summed E-state index contributed by atoms with van der Waals surface area (Å²) in [6, 6.07) is 7.38. The third-order valence-electron chi connectivity index (χ3n) is 2.39. The number of H-pyrrole nitrogens is 1. The van der Waals surface area contributed by atoms with Crippen molar-refractivity contribution in [3.8, 4) is 0 Å². The van der Waals surface area contributed by atoms with Gasteiger partial charge in [-0.15, -0.1) is 0 Å². The van der Waals surface area contributed by atoms with Crippen molar-refractivity contribution in [3.63, 3.8) is 0 Å². The van der Waals surface area contributed by atoms with E-state index in [9.17, 15) is 4.79 Å². The largest absolute Gasteiger partial charge is 0.347 e. The summed E-state index contributed by atoms with van der Waals surface area (Å²) in [4.78, 5) is 20.8. The van der Waals surface area contributed by atoms with Crippen LogP contribution in [0.3, 0.4) is 0 Å². The Morgan fingerprint density at radius 2 is 2.24 bits per heavy atom.